The van der Waals surface area contributed by atoms with Gasteiger partial charge in [0.2, 0.25) is 0 Å². The molecule has 0 aliphatic carbocycles. The zero-order valence-electron chi connectivity index (χ0n) is 11.8. The van der Waals surface area contributed by atoms with Crippen molar-refractivity contribution >= 4 is 11.0 Å². The van der Waals surface area contributed by atoms with Gasteiger partial charge in [-0.1, -0.05) is 25.1 Å². The molecular formula is C16H19N3O. The monoisotopic (exact) mass is 269 g/mol. The van der Waals surface area contributed by atoms with E-state index in [4.69, 9.17) is 4.42 Å². The molecule has 0 fully saturated rings. The van der Waals surface area contributed by atoms with Crippen LogP contribution in [0.3, 0.4) is 0 Å². The highest BCUT2D eigenvalue weighted by Gasteiger charge is 2.21. The normalized spacial score (nSPS) is 12.9. The average Bonchev–Trinajstić information content (AvgIpc) is 3.06. The Kier molecular flexibility index (Phi) is 3.56. The second-order valence-corrected chi connectivity index (χ2v) is 4.97. The lowest BCUT2D eigenvalue weighted by Gasteiger charge is -2.15. The molecule has 0 aliphatic rings. The molecular weight excluding hydrogens is 250 g/mol. The van der Waals surface area contributed by atoms with E-state index in [9.17, 15) is 0 Å². The van der Waals surface area contributed by atoms with Crippen molar-refractivity contribution in [1.82, 2.24) is 14.9 Å². The van der Waals surface area contributed by atoms with Crippen LogP contribution < -0.4 is 5.32 Å². The third-order valence-corrected chi connectivity index (χ3v) is 3.44. The lowest BCUT2D eigenvalue weighted by molar-refractivity contribution is 0.450. The highest BCUT2D eigenvalue weighted by molar-refractivity contribution is 5.77. The zero-order chi connectivity index (χ0) is 13.9. The van der Waals surface area contributed by atoms with Crippen LogP contribution in [-0.2, 0) is 7.05 Å². The largest absolute Gasteiger partial charge is 0.459 e. The Morgan fingerprint density at radius 2 is 2.20 bits per heavy atom. The van der Waals surface area contributed by atoms with E-state index in [1.165, 1.54) is 0 Å². The summed E-state index contributed by atoms with van der Waals surface area (Å²) in [6.45, 7) is 3.08. The number of para-hydroxylation sites is 1. The maximum absolute atomic E-state index is 5.99. The Hall–Kier alpha value is -2.07. The van der Waals surface area contributed by atoms with Gasteiger partial charge in [0.15, 0.2) is 0 Å². The van der Waals surface area contributed by atoms with Gasteiger partial charge >= 0.3 is 0 Å². The molecule has 3 aromatic rings. The highest BCUT2D eigenvalue weighted by atomic mass is 16.3. The second kappa shape index (κ2) is 5.51. The highest BCUT2D eigenvalue weighted by Crippen LogP contribution is 2.27. The fraction of sp³-hybridized carbons (Fsp3) is 0.312. The third-order valence-electron chi connectivity index (χ3n) is 3.44. The number of rotatable bonds is 5. The molecule has 0 radical (unpaired) electrons. The third kappa shape index (κ3) is 2.34. The van der Waals surface area contributed by atoms with Gasteiger partial charge in [0, 0.05) is 24.8 Å². The van der Waals surface area contributed by atoms with Crippen LogP contribution in [0.15, 0.2) is 47.1 Å². The summed E-state index contributed by atoms with van der Waals surface area (Å²) in [5.74, 6) is 1.88. The number of aromatic nitrogens is 2. The summed E-state index contributed by atoms with van der Waals surface area (Å²) in [5, 5.41) is 4.64. The van der Waals surface area contributed by atoms with Crippen molar-refractivity contribution in [3.05, 3.63) is 54.3 Å². The number of nitrogens with one attached hydrogen (secondary N) is 1. The summed E-state index contributed by atoms with van der Waals surface area (Å²) in [5.41, 5.74) is 0.917. The second-order valence-electron chi connectivity index (χ2n) is 4.97. The summed E-state index contributed by atoms with van der Waals surface area (Å²) in [7, 11) is 2.01. The number of aryl methyl sites for hydroxylation is 1. The summed E-state index contributed by atoms with van der Waals surface area (Å²) in [6.07, 6.45) is 4.85. The first kappa shape index (κ1) is 12.9. The van der Waals surface area contributed by atoms with Crippen LogP contribution in [0, 0.1) is 0 Å². The molecule has 3 rings (SSSR count). The number of nitrogens with zero attached hydrogens (tertiary/aromatic N) is 2. The van der Waals surface area contributed by atoms with Crippen LogP contribution >= 0.6 is 0 Å². The molecule has 20 heavy (non-hydrogen) atoms. The summed E-state index contributed by atoms with van der Waals surface area (Å²) in [6, 6.07) is 10.2. The van der Waals surface area contributed by atoms with E-state index in [1.807, 2.05) is 42.2 Å². The molecule has 1 unspecified atom stereocenters. The summed E-state index contributed by atoms with van der Waals surface area (Å²) in [4.78, 5) is 4.46. The van der Waals surface area contributed by atoms with E-state index in [0.717, 1.165) is 35.5 Å². The molecule has 0 saturated heterocycles. The fourth-order valence-electron chi connectivity index (χ4n) is 2.41. The van der Waals surface area contributed by atoms with Gasteiger partial charge in [0.25, 0.3) is 0 Å². The molecule has 104 valence electrons. The maximum Gasteiger partial charge on any atom is 0.134 e. The van der Waals surface area contributed by atoms with Crippen LogP contribution in [0.25, 0.3) is 11.0 Å². The van der Waals surface area contributed by atoms with Crippen molar-refractivity contribution in [1.29, 1.82) is 0 Å². The van der Waals surface area contributed by atoms with E-state index in [-0.39, 0.29) is 6.04 Å². The minimum Gasteiger partial charge on any atom is -0.459 e. The van der Waals surface area contributed by atoms with Crippen LogP contribution in [0.5, 0.6) is 0 Å². The molecule has 0 bridgehead atoms. The number of hydrogen-bond donors (Lipinski definition) is 1. The first-order chi connectivity index (χ1) is 9.79. The molecule has 0 amide bonds. The number of imidazole rings is 1. The van der Waals surface area contributed by atoms with E-state index in [1.54, 1.807) is 0 Å². The quantitative estimate of drug-likeness (QED) is 0.773. The lowest BCUT2D eigenvalue weighted by atomic mass is 10.1. The van der Waals surface area contributed by atoms with Gasteiger partial charge in [-0.3, -0.25) is 0 Å². The van der Waals surface area contributed by atoms with Crippen molar-refractivity contribution in [3.8, 4) is 0 Å². The fourth-order valence-corrected chi connectivity index (χ4v) is 2.41. The lowest BCUT2D eigenvalue weighted by Crippen LogP contribution is -2.25. The predicted octanol–water partition coefficient (Wildman–Crippen LogP) is 3.26. The van der Waals surface area contributed by atoms with E-state index >= 15 is 0 Å². The molecule has 4 nitrogen and oxygen atoms in total. The van der Waals surface area contributed by atoms with Gasteiger partial charge in [0.1, 0.15) is 23.2 Å². The molecule has 0 aliphatic heterocycles. The molecule has 1 N–H and O–H groups in total. The van der Waals surface area contributed by atoms with Crippen LogP contribution in [0.4, 0.5) is 0 Å². The van der Waals surface area contributed by atoms with Crippen LogP contribution in [0.1, 0.15) is 31.0 Å². The van der Waals surface area contributed by atoms with Crippen molar-refractivity contribution in [2.45, 2.75) is 19.4 Å². The Bertz CT molecular complexity index is 665. The molecule has 2 aromatic heterocycles. The van der Waals surface area contributed by atoms with Gasteiger partial charge in [-0.25, -0.2) is 4.98 Å². The molecule has 1 atom stereocenters. The summed E-state index contributed by atoms with van der Waals surface area (Å²) >= 11 is 0. The van der Waals surface area contributed by atoms with Crippen molar-refractivity contribution in [2.75, 3.05) is 6.54 Å². The Balaban J connectivity index is 2.02. The molecule has 0 saturated carbocycles. The molecule has 1 aromatic carbocycles. The Morgan fingerprint density at radius 3 is 2.90 bits per heavy atom. The first-order valence-electron chi connectivity index (χ1n) is 6.98. The number of furan rings is 1. The first-order valence-corrected chi connectivity index (χ1v) is 6.98. The topological polar surface area (TPSA) is 43.0 Å². The van der Waals surface area contributed by atoms with Gasteiger partial charge in [0.05, 0.1) is 0 Å². The number of fused-ring (bicyclic) bond motifs is 1. The van der Waals surface area contributed by atoms with E-state index < -0.39 is 0 Å². The Morgan fingerprint density at radius 1 is 1.35 bits per heavy atom. The van der Waals surface area contributed by atoms with Gasteiger partial charge in [-0.15, -0.1) is 0 Å². The molecule has 2 heterocycles. The van der Waals surface area contributed by atoms with Crippen molar-refractivity contribution < 1.29 is 4.42 Å². The number of hydrogen-bond acceptors (Lipinski definition) is 3. The van der Waals surface area contributed by atoms with Crippen LogP contribution in [0.2, 0.25) is 0 Å². The average molecular weight is 269 g/mol. The van der Waals surface area contributed by atoms with Gasteiger partial charge in [-0.2, -0.15) is 0 Å². The van der Waals surface area contributed by atoms with E-state index in [2.05, 4.69) is 29.4 Å². The summed E-state index contributed by atoms with van der Waals surface area (Å²) < 4.78 is 8.02. The minimum atomic E-state index is -0.0117. The smallest absolute Gasteiger partial charge is 0.134 e. The zero-order valence-corrected chi connectivity index (χ0v) is 11.8. The maximum atomic E-state index is 5.99. The van der Waals surface area contributed by atoms with Gasteiger partial charge < -0.3 is 14.3 Å². The van der Waals surface area contributed by atoms with Gasteiger partial charge in [-0.05, 0) is 25.1 Å². The van der Waals surface area contributed by atoms with Crippen molar-refractivity contribution in [3.63, 3.8) is 0 Å². The van der Waals surface area contributed by atoms with E-state index in [0.29, 0.717) is 0 Å². The predicted molar refractivity (Wildman–Crippen MR) is 79.6 cm³/mol. The minimum absolute atomic E-state index is 0.0117. The van der Waals surface area contributed by atoms with Crippen molar-refractivity contribution in [2.24, 2.45) is 7.05 Å². The standard InChI is InChI=1S/C16H19N3O/c1-3-8-17-15(16-18-9-10-19(16)2)14-11-12-6-4-5-7-13(12)20-14/h4-7,9-11,15,17H,3,8H2,1-2H3. The SMILES string of the molecule is CCCNC(c1cc2ccccc2o1)c1nccn1C. The Labute approximate surface area is 118 Å². The van der Waals surface area contributed by atoms with Crippen LogP contribution in [-0.4, -0.2) is 16.1 Å². The molecule has 4 heteroatoms. The number of benzene rings is 1. The molecule has 0 spiro atoms.